The molecule has 0 saturated heterocycles. The molecule has 0 saturated carbocycles. The number of carboxylic acid groups (broad SMARTS) is 1. The predicted molar refractivity (Wildman–Crippen MR) is 169 cm³/mol. The highest BCUT2D eigenvalue weighted by atomic mass is 35.5. The highest BCUT2D eigenvalue weighted by molar-refractivity contribution is 6.31. The molecule has 18 heteroatoms. The van der Waals surface area contributed by atoms with Crippen LogP contribution in [0.5, 0.6) is 0 Å². The van der Waals surface area contributed by atoms with Crippen molar-refractivity contribution in [2.24, 2.45) is 0 Å². The van der Waals surface area contributed by atoms with Crippen LogP contribution in [-0.4, -0.2) is 53.2 Å². The average Bonchev–Trinajstić information content (AvgIpc) is 3.67. The first kappa shape index (κ1) is 36.1. The van der Waals surface area contributed by atoms with Crippen LogP contribution in [0.1, 0.15) is 50.2 Å². The maximum Gasteiger partial charge on any atom is 0.436 e. The molecule has 0 fully saturated rings. The Balaban J connectivity index is 0.000000195. The standard InChI is InChI=1S/C17H13ClF3N3O2.C15H9ClF3N3O2/c1-2-26-16(25)13-9-24(23-15(13)17(19,20)21)8-10-3-4-14-11(5-10)6-12(18)7-22-14;16-10-4-9-3-8(1-2-12(9)20-5-10)6-22-7-11(14(23)24)13(21-22)15(17,18)19/h3-7,9H,2,8H2,1H3;1-5,7H,6H2,(H,23,24). The fourth-order valence-electron chi connectivity index (χ4n) is 4.82. The SMILES string of the molecule is CCOC(=O)c1cn(Cc2ccc3ncc(Cl)cc3c2)nc1C(F)(F)F.O=C(O)c1cn(Cc2ccc3ncc(Cl)cc3c2)nc1C(F)(F)F. The van der Waals surface area contributed by atoms with Crippen LogP contribution in [0, 0.1) is 0 Å². The summed E-state index contributed by atoms with van der Waals surface area (Å²) < 4.78 is 84.7. The number of carboxylic acids is 1. The van der Waals surface area contributed by atoms with E-state index >= 15 is 0 Å². The Morgan fingerprint density at radius 1 is 0.740 bits per heavy atom. The fourth-order valence-corrected chi connectivity index (χ4v) is 5.15. The van der Waals surface area contributed by atoms with Gasteiger partial charge in [-0.3, -0.25) is 19.3 Å². The molecule has 2 aromatic carbocycles. The number of fused-ring (bicyclic) bond motifs is 2. The van der Waals surface area contributed by atoms with E-state index in [0.29, 0.717) is 32.2 Å². The molecule has 4 heterocycles. The number of ether oxygens (including phenoxy) is 1. The van der Waals surface area contributed by atoms with E-state index in [0.717, 1.165) is 32.5 Å². The number of alkyl halides is 6. The Morgan fingerprint density at radius 3 is 1.58 bits per heavy atom. The summed E-state index contributed by atoms with van der Waals surface area (Å²) in [5, 5.41) is 18.2. The van der Waals surface area contributed by atoms with Crippen molar-refractivity contribution in [1.82, 2.24) is 29.5 Å². The lowest BCUT2D eigenvalue weighted by atomic mass is 10.1. The Bertz CT molecular complexity index is 2220. The summed E-state index contributed by atoms with van der Waals surface area (Å²) in [5.74, 6) is -2.73. The summed E-state index contributed by atoms with van der Waals surface area (Å²) in [7, 11) is 0. The zero-order chi connectivity index (χ0) is 36.4. The second-order valence-electron chi connectivity index (χ2n) is 10.6. The van der Waals surface area contributed by atoms with Gasteiger partial charge >= 0.3 is 24.3 Å². The van der Waals surface area contributed by atoms with Gasteiger partial charge in [-0.15, -0.1) is 0 Å². The summed E-state index contributed by atoms with van der Waals surface area (Å²) in [4.78, 5) is 31.0. The lowest BCUT2D eigenvalue weighted by Crippen LogP contribution is -2.14. The Labute approximate surface area is 287 Å². The number of carbonyl (C=O) groups excluding carboxylic acids is 1. The van der Waals surface area contributed by atoms with Crippen molar-refractivity contribution in [2.45, 2.75) is 32.4 Å². The minimum absolute atomic E-state index is 0.0151. The van der Waals surface area contributed by atoms with Crippen LogP contribution < -0.4 is 0 Å². The molecule has 50 heavy (non-hydrogen) atoms. The highest BCUT2D eigenvalue weighted by Crippen LogP contribution is 2.32. The van der Waals surface area contributed by atoms with Crippen LogP contribution >= 0.6 is 23.2 Å². The number of nitrogens with zero attached hydrogens (tertiary/aromatic N) is 6. The van der Waals surface area contributed by atoms with Gasteiger partial charge in [0, 0.05) is 35.6 Å². The van der Waals surface area contributed by atoms with E-state index in [2.05, 4.69) is 24.9 Å². The van der Waals surface area contributed by atoms with Crippen molar-refractivity contribution >= 4 is 56.9 Å². The van der Waals surface area contributed by atoms with Gasteiger partial charge in [-0.2, -0.15) is 36.5 Å². The van der Waals surface area contributed by atoms with Crippen molar-refractivity contribution in [3.63, 3.8) is 0 Å². The third kappa shape index (κ3) is 8.49. The van der Waals surface area contributed by atoms with Gasteiger partial charge < -0.3 is 9.84 Å². The smallest absolute Gasteiger partial charge is 0.436 e. The van der Waals surface area contributed by atoms with Gasteiger partial charge in [0.1, 0.15) is 11.1 Å². The van der Waals surface area contributed by atoms with Gasteiger partial charge in [0.15, 0.2) is 11.4 Å². The maximum atomic E-state index is 13.1. The molecule has 10 nitrogen and oxygen atoms in total. The van der Waals surface area contributed by atoms with Crippen LogP contribution in [0.3, 0.4) is 0 Å². The molecule has 0 aliphatic heterocycles. The predicted octanol–water partition coefficient (Wildman–Crippen LogP) is 8.18. The summed E-state index contributed by atoms with van der Waals surface area (Å²) in [6, 6.07) is 13.7. The number of pyridine rings is 2. The first-order valence-corrected chi connectivity index (χ1v) is 15.1. The van der Waals surface area contributed by atoms with Crippen molar-refractivity contribution in [2.75, 3.05) is 6.61 Å². The number of aromatic carboxylic acids is 1. The lowest BCUT2D eigenvalue weighted by molar-refractivity contribution is -0.142. The Morgan fingerprint density at radius 2 is 1.18 bits per heavy atom. The third-order valence-corrected chi connectivity index (χ3v) is 7.31. The largest absolute Gasteiger partial charge is 0.478 e. The highest BCUT2D eigenvalue weighted by Gasteiger charge is 2.40. The molecule has 260 valence electrons. The van der Waals surface area contributed by atoms with E-state index in [1.807, 2.05) is 0 Å². The van der Waals surface area contributed by atoms with Gasteiger partial charge in [-0.1, -0.05) is 35.3 Å². The fraction of sp³-hybridized carbons (Fsp3) is 0.188. The Hall–Kier alpha value is -5.22. The van der Waals surface area contributed by atoms with Crippen molar-refractivity contribution < 1.29 is 45.8 Å². The molecule has 6 aromatic rings. The van der Waals surface area contributed by atoms with E-state index in [4.69, 9.17) is 28.3 Å². The van der Waals surface area contributed by atoms with Crippen molar-refractivity contribution in [3.05, 3.63) is 117 Å². The van der Waals surface area contributed by atoms with Crippen molar-refractivity contribution in [3.8, 4) is 0 Å². The van der Waals surface area contributed by atoms with E-state index in [1.165, 1.54) is 19.3 Å². The van der Waals surface area contributed by atoms with Crippen LogP contribution in [-0.2, 0) is 30.2 Å². The van der Waals surface area contributed by atoms with Gasteiger partial charge in [0.25, 0.3) is 0 Å². The number of hydrogen-bond acceptors (Lipinski definition) is 7. The monoisotopic (exact) mass is 738 g/mol. The second kappa shape index (κ2) is 14.3. The average molecular weight is 739 g/mol. The molecule has 0 radical (unpaired) electrons. The molecule has 0 amide bonds. The van der Waals surface area contributed by atoms with Gasteiger partial charge in [0.05, 0.1) is 40.8 Å². The quantitative estimate of drug-likeness (QED) is 0.128. The molecule has 0 aliphatic carbocycles. The van der Waals surface area contributed by atoms with Gasteiger partial charge in [0.2, 0.25) is 0 Å². The van der Waals surface area contributed by atoms with E-state index in [-0.39, 0.29) is 19.7 Å². The zero-order valence-corrected chi connectivity index (χ0v) is 26.9. The minimum atomic E-state index is -4.83. The van der Waals surface area contributed by atoms with Crippen LogP contribution in [0.25, 0.3) is 21.8 Å². The second-order valence-corrected chi connectivity index (χ2v) is 11.4. The molecule has 0 spiro atoms. The number of hydrogen-bond donors (Lipinski definition) is 1. The molecule has 0 atom stereocenters. The van der Waals surface area contributed by atoms with Gasteiger partial charge in [-0.05, 0) is 54.4 Å². The Kier molecular flexibility index (Phi) is 10.3. The number of halogens is 8. The summed E-state index contributed by atoms with van der Waals surface area (Å²) in [6.07, 6.45) is -4.68. The van der Waals surface area contributed by atoms with E-state index in [1.54, 1.807) is 48.5 Å². The number of carbonyl (C=O) groups is 2. The van der Waals surface area contributed by atoms with E-state index < -0.39 is 46.8 Å². The molecule has 0 unspecified atom stereocenters. The minimum Gasteiger partial charge on any atom is -0.478 e. The van der Waals surface area contributed by atoms with Crippen LogP contribution in [0.15, 0.2) is 73.3 Å². The van der Waals surface area contributed by atoms with Gasteiger partial charge in [-0.25, -0.2) is 9.59 Å². The molecule has 1 N–H and O–H groups in total. The molecule has 0 aliphatic rings. The molecular weight excluding hydrogens is 717 g/mol. The molecule has 6 rings (SSSR count). The summed E-state index contributed by atoms with van der Waals surface area (Å²) in [6.45, 7) is 1.52. The normalized spacial score (nSPS) is 11.8. The lowest BCUT2D eigenvalue weighted by Gasteiger charge is -2.05. The molecule has 4 aromatic heterocycles. The topological polar surface area (TPSA) is 125 Å². The van der Waals surface area contributed by atoms with Crippen LogP contribution in [0.2, 0.25) is 10.0 Å². The molecule has 0 bridgehead atoms. The number of rotatable bonds is 7. The maximum absolute atomic E-state index is 13.1. The third-order valence-electron chi connectivity index (χ3n) is 6.90. The van der Waals surface area contributed by atoms with E-state index in [9.17, 15) is 35.9 Å². The first-order valence-electron chi connectivity index (χ1n) is 14.3. The molecular formula is C32H22Cl2F6N6O4. The van der Waals surface area contributed by atoms with Crippen LogP contribution in [0.4, 0.5) is 26.3 Å². The number of benzene rings is 2. The summed E-state index contributed by atoms with van der Waals surface area (Å²) in [5.41, 5.74) is -1.44. The first-order chi connectivity index (χ1) is 23.5. The number of esters is 1. The summed E-state index contributed by atoms with van der Waals surface area (Å²) >= 11 is 11.8. The van der Waals surface area contributed by atoms with Crippen molar-refractivity contribution in [1.29, 1.82) is 0 Å². The number of aromatic nitrogens is 6. The zero-order valence-electron chi connectivity index (χ0n) is 25.4.